The summed E-state index contributed by atoms with van der Waals surface area (Å²) in [6.07, 6.45) is -0.468. The zero-order valence-corrected chi connectivity index (χ0v) is 10.4. The molecule has 16 heavy (non-hydrogen) atoms. The third-order valence-corrected chi connectivity index (χ3v) is 2.67. The van der Waals surface area contributed by atoms with Gasteiger partial charge in [-0.15, -0.1) is 11.6 Å². The molecule has 1 aromatic carbocycles. The first kappa shape index (κ1) is 13.3. The van der Waals surface area contributed by atoms with Gasteiger partial charge in [-0.05, 0) is 24.7 Å². The van der Waals surface area contributed by atoms with E-state index in [1.807, 2.05) is 36.2 Å². The molecule has 0 saturated heterocycles. The van der Waals surface area contributed by atoms with Crippen LogP contribution in [-0.4, -0.2) is 42.7 Å². The number of hydrogen-bond donors (Lipinski definition) is 1. The minimum Gasteiger partial charge on any atom is -0.497 e. The van der Waals surface area contributed by atoms with Crippen LogP contribution in [0.3, 0.4) is 0 Å². The second-order valence-electron chi connectivity index (χ2n) is 3.85. The molecule has 0 saturated carbocycles. The molecule has 0 amide bonds. The van der Waals surface area contributed by atoms with Gasteiger partial charge in [-0.1, -0.05) is 12.1 Å². The van der Waals surface area contributed by atoms with E-state index < -0.39 is 6.10 Å². The average Bonchev–Trinajstić information content (AvgIpc) is 2.29. The molecule has 1 rings (SSSR count). The van der Waals surface area contributed by atoms with Crippen molar-refractivity contribution >= 4 is 11.6 Å². The Kier molecular flexibility index (Phi) is 5.60. The van der Waals surface area contributed by atoms with Gasteiger partial charge in [0.25, 0.3) is 0 Å². The third kappa shape index (κ3) is 4.39. The van der Waals surface area contributed by atoms with Crippen LogP contribution in [0.1, 0.15) is 5.56 Å². The van der Waals surface area contributed by atoms with Crippen LogP contribution in [0.5, 0.6) is 5.75 Å². The number of aliphatic hydroxyl groups is 1. The van der Waals surface area contributed by atoms with E-state index in [1.165, 1.54) is 5.56 Å². The summed E-state index contributed by atoms with van der Waals surface area (Å²) in [6, 6.07) is 7.90. The molecular formula is C12H18ClNO2. The van der Waals surface area contributed by atoms with Gasteiger partial charge in [0, 0.05) is 19.0 Å². The van der Waals surface area contributed by atoms with E-state index in [1.54, 1.807) is 7.11 Å². The van der Waals surface area contributed by atoms with E-state index in [0.29, 0.717) is 6.54 Å². The number of likely N-dealkylation sites (N-methyl/N-ethyl adjacent to an activating group) is 1. The molecule has 0 heterocycles. The van der Waals surface area contributed by atoms with Gasteiger partial charge >= 0.3 is 0 Å². The molecule has 1 unspecified atom stereocenters. The molecular weight excluding hydrogens is 226 g/mol. The van der Waals surface area contributed by atoms with Crippen LogP contribution < -0.4 is 4.74 Å². The molecule has 90 valence electrons. The Morgan fingerprint density at radius 2 is 2.00 bits per heavy atom. The molecule has 1 aromatic rings. The largest absolute Gasteiger partial charge is 0.497 e. The highest BCUT2D eigenvalue weighted by atomic mass is 35.5. The maximum atomic E-state index is 9.39. The third-order valence-electron chi connectivity index (χ3n) is 2.31. The fourth-order valence-corrected chi connectivity index (χ4v) is 1.61. The van der Waals surface area contributed by atoms with Gasteiger partial charge in [-0.2, -0.15) is 0 Å². The van der Waals surface area contributed by atoms with Gasteiger partial charge in [-0.3, -0.25) is 4.90 Å². The zero-order chi connectivity index (χ0) is 12.0. The summed E-state index contributed by atoms with van der Waals surface area (Å²) in [5, 5.41) is 9.39. The summed E-state index contributed by atoms with van der Waals surface area (Å²) >= 11 is 5.55. The van der Waals surface area contributed by atoms with Crippen molar-refractivity contribution in [2.24, 2.45) is 0 Å². The normalized spacial score (nSPS) is 12.8. The number of ether oxygens (including phenoxy) is 1. The van der Waals surface area contributed by atoms with E-state index in [-0.39, 0.29) is 5.88 Å². The molecule has 4 heteroatoms. The molecule has 0 aliphatic carbocycles. The number of methoxy groups -OCH3 is 1. The lowest BCUT2D eigenvalue weighted by molar-refractivity contribution is 0.141. The van der Waals surface area contributed by atoms with Gasteiger partial charge in [0.2, 0.25) is 0 Å². The van der Waals surface area contributed by atoms with Crippen molar-refractivity contribution in [3.63, 3.8) is 0 Å². The summed E-state index contributed by atoms with van der Waals surface area (Å²) in [4.78, 5) is 2.04. The maximum Gasteiger partial charge on any atom is 0.118 e. The first-order valence-corrected chi connectivity index (χ1v) is 5.74. The lowest BCUT2D eigenvalue weighted by Crippen LogP contribution is -2.29. The number of rotatable bonds is 6. The summed E-state index contributed by atoms with van der Waals surface area (Å²) in [7, 11) is 3.61. The Balaban J connectivity index is 2.46. The Morgan fingerprint density at radius 1 is 1.38 bits per heavy atom. The highest BCUT2D eigenvalue weighted by Crippen LogP contribution is 2.12. The van der Waals surface area contributed by atoms with Crippen LogP contribution in [0, 0.1) is 0 Å². The van der Waals surface area contributed by atoms with E-state index in [0.717, 1.165) is 12.3 Å². The highest BCUT2D eigenvalue weighted by molar-refractivity contribution is 6.18. The minimum absolute atomic E-state index is 0.271. The lowest BCUT2D eigenvalue weighted by Gasteiger charge is -2.19. The molecule has 0 radical (unpaired) electrons. The van der Waals surface area contributed by atoms with E-state index >= 15 is 0 Å². The van der Waals surface area contributed by atoms with Crippen molar-refractivity contribution in [2.45, 2.75) is 12.6 Å². The fraction of sp³-hybridized carbons (Fsp3) is 0.500. The van der Waals surface area contributed by atoms with E-state index in [2.05, 4.69) is 0 Å². The average molecular weight is 244 g/mol. The zero-order valence-electron chi connectivity index (χ0n) is 9.69. The summed E-state index contributed by atoms with van der Waals surface area (Å²) in [5.41, 5.74) is 1.19. The van der Waals surface area contributed by atoms with Crippen LogP contribution in [0.25, 0.3) is 0 Å². The van der Waals surface area contributed by atoms with Crippen molar-refractivity contribution in [1.29, 1.82) is 0 Å². The predicted molar refractivity (Wildman–Crippen MR) is 66.1 cm³/mol. The predicted octanol–water partition coefficient (Wildman–Crippen LogP) is 1.73. The number of aliphatic hydroxyl groups excluding tert-OH is 1. The maximum absolute atomic E-state index is 9.39. The Labute approximate surface area is 102 Å². The van der Waals surface area contributed by atoms with Crippen molar-refractivity contribution in [2.75, 3.05) is 26.6 Å². The summed E-state index contributed by atoms with van der Waals surface area (Å²) in [6.45, 7) is 1.37. The molecule has 0 bridgehead atoms. The molecule has 0 aliphatic heterocycles. The van der Waals surface area contributed by atoms with Crippen molar-refractivity contribution in [1.82, 2.24) is 4.90 Å². The van der Waals surface area contributed by atoms with Crippen molar-refractivity contribution in [3.8, 4) is 5.75 Å². The SMILES string of the molecule is COc1ccc(CN(C)CC(O)CCl)cc1. The number of hydrogen-bond acceptors (Lipinski definition) is 3. The smallest absolute Gasteiger partial charge is 0.118 e. The standard InChI is InChI=1S/C12H18ClNO2/c1-14(9-11(15)7-13)8-10-3-5-12(16-2)6-4-10/h3-6,11,15H,7-9H2,1-2H3. The molecule has 1 atom stereocenters. The van der Waals surface area contributed by atoms with Gasteiger partial charge in [-0.25, -0.2) is 0 Å². The second kappa shape index (κ2) is 6.74. The fourth-order valence-electron chi connectivity index (χ4n) is 1.52. The second-order valence-corrected chi connectivity index (χ2v) is 4.16. The Hall–Kier alpha value is -0.770. The van der Waals surface area contributed by atoms with Crippen LogP contribution in [0.2, 0.25) is 0 Å². The molecule has 0 fully saturated rings. The lowest BCUT2D eigenvalue weighted by atomic mass is 10.2. The molecule has 1 N–H and O–H groups in total. The molecule has 0 aliphatic rings. The van der Waals surface area contributed by atoms with Gasteiger partial charge in [0.05, 0.1) is 13.2 Å². The quantitative estimate of drug-likeness (QED) is 0.773. The summed E-state index contributed by atoms with van der Waals surface area (Å²) in [5.74, 6) is 1.12. The van der Waals surface area contributed by atoms with Crippen LogP contribution in [-0.2, 0) is 6.54 Å². The number of halogens is 1. The number of benzene rings is 1. The first-order chi connectivity index (χ1) is 7.65. The van der Waals surface area contributed by atoms with Gasteiger partial charge in [0.15, 0.2) is 0 Å². The molecule has 3 nitrogen and oxygen atoms in total. The van der Waals surface area contributed by atoms with Crippen LogP contribution in [0.15, 0.2) is 24.3 Å². The topological polar surface area (TPSA) is 32.7 Å². The van der Waals surface area contributed by atoms with Gasteiger partial charge in [0.1, 0.15) is 5.75 Å². The van der Waals surface area contributed by atoms with Crippen LogP contribution in [0.4, 0.5) is 0 Å². The van der Waals surface area contributed by atoms with E-state index in [4.69, 9.17) is 16.3 Å². The van der Waals surface area contributed by atoms with Gasteiger partial charge < -0.3 is 9.84 Å². The highest BCUT2D eigenvalue weighted by Gasteiger charge is 2.07. The number of nitrogens with zero attached hydrogens (tertiary/aromatic N) is 1. The molecule has 0 spiro atoms. The minimum atomic E-state index is -0.468. The first-order valence-electron chi connectivity index (χ1n) is 5.21. The number of alkyl halides is 1. The summed E-state index contributed by atoms with van der Waals surface area (Å²) < 4.78 is 5.09. The Bertz CT molecular complexity index is 302. The molecule has 0 aromatic heterocycles. The Morgan fingerprint density at radius 3 is 2.50 bits per heavy atom. The van der Waals surface area contributed by atoms with Crippen LogP contribution >= 0.6 is 11.6 Å². The van der Waals surface area contributed by atoms with E-state index in [9.17, 15) is 5.11 Å². The van der Waals surface area contributed by atoms with Crippen molar-refractivity contribution in [3.05, 3.63) is 29.8 Å². The van der Waals surface area contributed by atoms with Crippen molar-refractivity contribution < 1.29 is 9.84 Å². The monoisotopic (exact) mass is 243 g/mol.